The normalized spacial score (nSPS) is 10.7. The van der Waals surface area contributed by atoms with Crippen LogP contribution in [0.15, 0.2) is 97.1 Å². The molecule has 8 heteroatoms. The van der Waals surface area contributed by atoms with Crippen molar-refractivity contribution in [2.75, 3.05) is 26.1 Å². The molecule has 39 heavy (non-hydrogen) atoms. The van der Waals surface area contributed by atoms with Gasteiger partial charge in [-0.05, 0) is 48.5 Å². The Labute approximate surface area is 231 Å². The number of methoxy groups -OCH3 is 1. The Kier molecular flexibility index (Phi) is 7.52. The first-order chi connectivity index (χ1) is 19.0. The van der Waals surface area contributed by atoms with Crippen molar-refractivity contribution in [3.63, 3.8) is 0 Å². The molecule has 0 saturated carbocycles. The molecule has 0 amide bonds. The van der Waals surface area contributed by atoms with Gasteiger partial charge in [0, 0.05) is 24.9 Å². The minimum atomic E-state index is 0.187. The molecule has 6 aromatic rings. The van der Waals surface area contributed by atoms with Crippen LogP contribution in [0.4, 0.5) is 5.82 Å². The fourth-order valence-corrected chi connectivity index (χ4v) is 4.41. The van der Waals surface area contributed by atoms with Gasteiger partial charge in [0.15, 0.2) is 11.6 Å². The molecule has 0 aliphatic heterocycles. The highest BCUT2D eigenvalue weighted by Crippen LogP contribution is 2.31. The van der Waals surface area contributed by atoms with Gasteiger partial charge >= 0.3 is 0 Å². The van der Waals surface area contributed by atoms with E-state index in [9.17, 15) is 5.11 Å². The van der Waals surface area contributed by atoms with E-state index in [4.69, 9.17) is 16.3 Å². The van der Waals surface area contributed by atoms with Gasteiger partial charge in [0.1, 0.15) is 22.5 Å². The van der Waals surface area contributed by atoms with Crippen LogP contribution in [-0.4, -0.2) is 46.2 Å². The number of phenols is 1. The number of rotatable bonds is 4. The number of aromatic hydroxyl groups is 1. The van der Waals surface area contributed by atoms with Gasteiger partial charge < -0.3 is 14.7 Å². The van der Waals surface area contributed by atoms with E-state index < -0.39 is 0 Å². The van der Waals surface area contributed by atoms with Crippen molar-refractivity contribution in [1.82, 2.24) is 19.9 Å². The van der Waals surface area contributed by atoms with Gasteiger partial charge in [0.05, 0.1) is 29.3 Å². The van der Waals surface area contributed by atoms with E-state index in [1.807, 2.05) is 104 Å². The molecule has 1 N–H and O–H groups in total. The Bertz CT molecular complexity index is 1770. The van der Waals surface area contributed by atoms with E-state index in [0.29, 0.717) is 22.4 Å². The predicted octanol–water partition coefficient (Wildman–Crippen LogP) is 7.03. The minimum absolute atomic E-state index is 0.187. The molecule has 0 unspecified atom stereocenters. The summed E-state index contributed by atoms with van der Waals surface area (Å²) in [5.41, 5.74) is 3.16. The lowest BCUT2D eigenvalue weighted by atomic mass is 10.1. The maximum absolute atomic E-state index is 9.97. The first kappa shape index (κ1) is 25.9. The van der Waals surface area contributed by atoms with Crippen LogP contribution in [0, 0.1) is 0 Å². The standard InChI is InChI=1S/C16H15N3O.C15H11ClN2O/c1-19(2)16-11-7-3-5-9-13(11)17-15(18-16)12-8-4-6-10-14(12)20;1-19-13-9-5-3-7-11(13)15-17-12-8-4-2-6-10(12)14(16)18-15/h3-10,20H,1-2H3;2-9H,1H3. The maximum atomic E-state index is 9.97. The SMILES string of the molecule is CN(C)c1nc(-c2ccccc2O)nc2ccccc12.COc1ccccc1-c1nc(Cl)c2ccccc2n1. The topological polar surface area (TPSA) is 84.3 Å². The molecule has 0 aliphatic rings. The highest BCUT2D eigenvalue weighted by Gasteiger charge is 2.13. The van der Waals surface area contributed by atoms with Gasteiger partial charge in [-0.2, -0.15) is 0 Å². The van der Waals surface area contributed by atoms with Crippen molar-refractivity contribution >= 4 is 39.2 Å². The Morgan fingerprint density at radius 3 is 1.85 bits per heavy atom. The van der Waals surface area contributed by atoms with Crippen LogP contribution in [-0.2, 0) is 0 Å². The summed E-state index contributed by atoms with van der Waals surface area (Å²) in [4.78, 5) is 20.0. The smallest absolute Gasteiger partial charge is 0.165 e. The Hall–Kier alpha value is -4.75. The molecule has 0 radical (unpaired) electrons. The third-order valence-corrected chi connectivity index (χ3v) is 6.34. The molecule has 0 saturated heterocycles. The van der Waals surface area contributed by atoms with Gasteiger partial charge in [0.25, 0.3) is 0 Å². The molecule has 0 spiro atoms. The number of para-hydroxylation sites is 4. The summed E-state index contributed by atoms with van der Waals surface area (Å²) in [6.45, 7) is 0. The van der Waals surface area contributed by atoms with Gasteiger partial charge in [-0.25, -0.2) is 19.9 Å². The maximum Gasteiger partial charge on any atom is 0.165 e. The number of aromatic nitrogens is 4. The van der Waals surface area contributed by atoms with Crippen LogP contribution >= 0.6 is 11.6 Å². The van der Waals surface area contributed by atoms with Gasteiger partial charge in [-0.15, -0.1) is 0 Å². The van der Waals surface area contributed by atoms with Gasteiger partial charge in [0.2, 0.25) is 0 Å². The molecule has 0 fully saturated rings. The number of halogens is 1. The third kappa shape index (κ3) is 5.44. The van der Waals surface area contributed by atoms with Crippen molar-refractivity contribution in [1.29, 1.82) is 0 Å². The fourth-order valence-electron chi connectivity index (χ4n) is 4.17. The molecule has 194 valence electrons. The van der Waals surface area contributed by atoms with E-state index >= 15 is 0 Å². The van der Waals surface area contributed by atoms with E-state index in [-0.39, 0.29) is 5.75 Å². The molecular formula is C31H26ClN5O2. The second-order valence-corrected chi connectivity index (χ2v) is 9.21. The van der Waals surface area contributed by atoms with Crippen molar-refractivity contribution in [2.45, 2.75) is 0 Å². The summed E-state index contributed by atoms with van der Waals surface area (Å²) in [6, 6.07) is 30.3. The summed E-state index contributed by atoms with van der Waals surface area (Å²) in [6.07, 6.45) is 0. The zero-order valence-electron chi connectivity index (χ0n) is 21.7. The Morgan fingerprint density at radius 2 is 1.18 bits per heavy atom. The van der Waals surface area contributed by atoms with Crippen LogP contribution < -0.4 is 9.64 Å². The Morgan fingerprint density at radius 1 is 0.641 bits per heavy atom. The average Bonchev–Trinajstić information content (AvgIpc) is 2.97. The zero-order chi connectivity index (χ0) is 27.4. The molecule has 6 rings (SSSR count). The first-order valence-electron chi connectivity index (χ1n) is 12.2. The average molecular weight is 536 g/mol. The van der Waals surface area contributed by atoms with Crippen LogP contribution in [0.25, 0.3) is 44.6 Å². The highest BCUT2D eigenvalue weighted by molar-refractivity contribution is 6.34. The van der Waals surface area contributed by atoms with E-state index in [1.165, 1.54) is 0 Å². The first-order valence-corrected chi connectivity index (χ1v) is 12.6. The fraction of sp³-hybridized carbons (Fsp3) is 0.0968. The number of fused-ring (bicyclic) bond motifs is 2. The largest absolute Gasteiger partial charge is 0.507 e. The molecule has 0 atom stereocenters. The molecule has 4 aromatic carbocycles. The summed E-state index contributed by atoms with van der Waals surface area (Å²) in [7, 11) is 5.52. The van der Waals surface area contributed by atoms with E-state index in [1.54, 1.807) is 19.2 Å². The number of phenolic OH excluding ortho intramolecular Hbond substituents is 1. The third-order valence-electron chi connectivity index (χ3n) is 6.06. The molecular weight excluding hydrogens is 510 g/mol. The van der Waals surface area contributed by atoms with E-state index in [0.717, 1.165) is 38.9 Å². The number of benzene rings is 4. The minimum Gasteiger partial charge on any atom is -0.507 e. The number of anilines is 1. The quantitative estimate of drug-likeness (QED) is 0.243. The number of ether oxygens (including phenoxy) is 1. The molecule has 7 nitrogen and oxygen atoms in total. The van der Waals surface area contributed by atoms with E-state index in [2.05, 4.69) is 19.9 Å². The van der Waals surface area contributed by atoms with Crippen LogP contribution in [0.1, 0.15) is 0 Å². The lowest BCUT2D eigenvalue weighted by Crippen LogP contribution is -2.12. The molecule has 2 aromatic heterocycles. The van der Waals surface area contributed by atoms with Gasteiger partial charge in [-0.3, -0.25) is 0 Å². The van der Waals surface area contributed by atoms with Crippen molar-refractivity contribution in [3.05, 3.63) is 102 Å². The second-order valence-electron chi connectivity index (χ2n) is 8.86. The number of hydrogen-bond acceptors (Lipinski definition) is 7. The summed E-state index contributed by atoms with van der Waals surface area (Å²) < 4.78 is 5.33. The van der Waals surface area contributed by atoms with Crippen molar-refractivity contribution in [3.8, 4) is 34.3 Å². The number of nitrogens with zero attached hydrogens (tertiary/aromatic N) is 5. The predicted molar refractivity (Wildman–Crippen MR) is 158 cm³/mol. The lowest BCUT2D eigenvalue weighted by molar-refractivity contribution is 0.416. The summed E-state index contributed by atoms with van der Waals surface area (Å²) >= 11 is 6.22. The summed E-state index contributed by atoms with van der Waals surface area (Å²) in [5.74, 6) is 2.86. The van der Waals surface area contributed by atoms with Crippen LogP contribution in [0.2, 0.25) is 5.15 Å². The van der Waals surface area contributed by atoms with Crippen LogP contribution in [0.5, 0.6) is 11.5 Å². The molecule has 0 aliphatic carbocycles. The monoisotopic (exact) mass is 535 g/mol. The number of hydrogen-bond donors (Lipinski definition) is 1. The molecule has 2 heterocycles. The Balaban J connectivity index is 0.000000158. The zero-order valence-corrected chi connectivity index (χ0v) is 22.5. The summed E-state index contributed by atoms with van der Waals surface area (Å²) in [5, 5.41) is 12.3. The van der Waals surface area contributed by atoms with Crippen molar-refractivity contribution < 1.29 is 9.84 Å². The molecule has 0 bridgehead atoms. The second kappa shape index (κ2) is 11.3. The van der Waals surface area contributed by atoms with Crippen molar-refractivity contribution in [2.24, 2.45) is 0 Å². The highest BCUT2D eigenvalue weighted by atomic mass is 35.5. The van der Waals surface area contributed by atoms with Crippen LogP contribution in [0.3, 0.4) is 0 Å². The van der Waals surface area contributed by atoms with Gasteiger partial charge in [-0.1, -0.05) is 60.1 Å². The lowest BCUT2D eigenvalue weighted by Gasteiger charge is -2.15.